The van der Waals surface area contributed by atoms with Crippen LogP contribution < -0.4 is 5.32 Å². The van der Waals surface area contributed by atoms with E-state index in [-0.39, 0.29) is 38.7 Å². The second kappa shape index (κ2) is 14.2. The fraction of sp³-hybridized carbons (Fsp3) is 0.895. The number of ether oxygens (including phenoxy) is 6. The van der Waals surface area contributed by atoms with E-state index >= 15 is 0 Å². The molecule has 2 rings (SSSR count). The van der Waals surface area contributed by atoms with Crippen LogP contribution in [0.4, 0.5) is 0 Å². The number of carbonyl (C=O) groups is 2. The summed E-state index contributed by atoms with van der Waals surface area (Å²) in [5.41, 5.74) is 0. The fourth-order valence-corrected chi connectivity index (χ4v) is 3.51. The summed E-state index contributed by atoms with van der Waals surface area (Å²) in [6.07, 6.45) is -15.1. The van der Waals surface area contributed by atoms with E-state index in [0.29, 0.717) is 0 Å². The molecule has 1 unspecified atom stereocenters. The van der Waals surface area contributed by atoms with Crippen molar-refractivity contribution in [1.29, 1.82) is 0 Å². The highest BCUT2D eigenvalue weighted by atomic mass is 16.8. The van der Waals surface area contributed by atoms with Gasteiger partial charge in [-0.05, 0) is 0 Å². The molecule has 0 aromatic rings. The van der Waals surface area contributed by atoms with Gasteiger partial charge >= 0.3 is 0 Å². The Bertz CT molecular complexity index is 626. The number of amides is 1. The smallest absolute Gasteiger partial charge is 0.293 e. The Morgan fingerprint density at radius 1 is 0.882 bits per heavy atom. The van der Waals surface area contributed by atoms with Gasteiger partial charge < -0.3 is 64.4 Å². The Labute approximate surface area is 195 Å². The fourth-order valence-electron chi connectivity index (χ4n) is 3.51. The van der Waals surface area contributed by atoms with E-state index in [1.54, 1.807) is 0 Å². The van der Waals surface area contributed by atoms with Crippen LogP contribution in [0.5, 0.6) is 0 Å². The molecule has 2 aliphatic rings. The summed E-state index contributed by atoms with van der Waals surface area (Å²) in [5.74, 6) is -0.207. The highest BCUT2D eigenvalue weighted by Crippen LogP contribution is 2.30. The lowest BCUT2D eigenvalue weighted by molar-refractivity contribution is -0.367. The van der Waals surface area contributed by atoms with Gasteiger partial charge in [0.1, 0.15) is 42.7 Å². The monoisotopic (exact) mass is 499 g/mol. The van der Waals surface area contributed by atoms with Gasteiger partial charge in [-0.2, -0.15) is 0 Å². The first-order valence-electron chi connectivity index (χ1n) is 10.7. The van der Waals surface area contributed by atoms with E-state index in [0.717, 1.165) is 0 Å². The SMILES string of the molecule is CC(=O)NCCOCCOC1O[C@@H](CO)[C@@H](O)[C@H](O)[C@@H]1O[C@H]1O[C@H](CO)[C@@H](O)[C@H](OC=O)[C@@H]1O. The molecule has 198 valence electrons. The zero-order valence-electron chi connectivity index (χ0n) is 18.5. The van der Waals surface area contributed by atoms with E-state index in [9.17, 15) is 40.2 Å². The second-order valence-corrected chi connectivity index (χ2v) is 7.68. The number of aliphatic hydroxyl groups excluding tert-OH is 6. The van der Waals surface area contributed by atoms with Gasteiger partial charge in [-0.15, -0.1) is 0 Å². The van der Waals surface area contributed by atoms with E-state index in [1.165, 1.54) is 6.92 Å². The quantitative estimate of drug-likeness (QED) is 0.0931. The third-order valence-corrected chi connectivity index (χ3v) is 5.28. The lowest BCUT2D eigenvalue weighted by atomic mass is 9.97. The molecule has 7 N–H and O–H groups in total. The van der Waals surface area contributed by atoms with E-state index in [4.69, 9.17) is 28.4 Å². The average Bonchev–Trinajstić information content (AvgIpc) is 2.81. The first-order valence-corrected chi connectivity index (χ1v) is 10.7. The second-order valence-electron chi connectivity index (χ2n) is 7.68. The Kier molecular flexibility index (Phi) is 12.0. The Morgan fingerprint density at radius 2 is 1.53 bits per heavy atom. The molecule has 0 saturated carbocycles. The molecule has 0 aromatic carbocycles. The summed E-state index contributed by atoms with van der Waals surface area (Å²) in [4.78, 5) is 21.6. The maximum atomic E-state index is 10.8. The molecular weight excluding hydrogens is 466 g/mol. The van der Waals surface area contributed by atoms with Crippen LogP contribution >= 0.6 is 0 Å². The summed E-state index contributed by atoms with van der Waals surface area (Å²) >= 11 is 0. The molecule has 1 amide bonds. The predicted molar refractivity (Wildman–Crippen MR) is 107 cm³/mol. The summed E-state index contributed by atoms with van der Waals surface area (Å²) in [7, 11) is 0. The molecule has 0 spiro atoms. The first kappa shape index (κ1) is 28.7. The molecule has 10 atom stereocenters. The molecular formula is C19H33NO14. The molecule has 2 heterocycles. The van der Waals surface area contributed by atoms with Crippen molar-refractivity contribution in [3.8, 4) is 0 Å². The number of hydrogen-bond donors (Lipinski definition) is 7. The predicted octanol–water partition coefficient (Wildman–Crippen LogP) is -5.04. The van der Waals surface area contributed by atoms with Crippen LogP contribution in [0, 0.1) is 0 Å². The van der Waals surface area contributed by atoms with Gasteiger partial charge in [-0.25, -0.2) is 0 Å². The number of hydrogen-bond acceptors (Lipinski definition) is 14. The van der Waals surface area contributed by atoms with Crippen molar-refractivity contribution in [2.45, 2.75) is 68.3 Å². The Morgan fingerprint density at radius 3 is 2.15 bits per heavy atom. The van der Waals surface area contributed by atoms with Crippen LogP contribution in [0.25, 0.3) is 0 Å². The van der Waals surface area contributed by atoms with Crippen LogP contribution in [-0.2, 0) is 38.0 Å². The lowest BCUT2D eigenvalue weighted by Crippen LogP contribution is -2.65. The number of rotatable bonds is 13. The highest BCUT2D eigenvalue weighted by molar-refractivity contribution is 5.72. The third kappa shape index (κ3) is 7.50. The van der Waals surface area contributed by atoms with Crippen molar-refractivity contribution >= 4 is 12.4 Å². The molecule has 0 radical (unpaired) electrons. The van der Waals surface area contributed by atoms with Gasteiger partial charge in [0.25, 0.3) is 6.47 Å². The van der Waals surface area contributed by atoms with Crippen LogP contribution in [0.1, 0.15) is 6.92 Å². The standard InChI is InChI=1S/C19H33NO14/c1-9(24)20-2-3-29-4-5-30-19-17(14(27)12(25)10(6-21)33-19)34-18-15(28)16(31-8-23)13(26)11(7-22)32-18/h8,10-19,21-22,25-28H,2-7H2,1H3,(H,20,24)/t10-,11+,12+,13+,14-,15-,16-,17-,18+,19?/m0/s1. The molecule has 15 nitrogen and oxygen atoms in total. The topological polar surface area (TPSA) is 223 Å². The largest absolute Gasteiger partial charge is 0.459 e. The molecule has 15 heteroatoms. The van der Waals surface area contributed by atoms with Crippen LogP contribution in [-0.4, -0.2) is 144 Å². The number of nitrogens with one attached hydrogen (secondary N) is 1. The maximum Gasteiger partial charge on any atom is 0.293 e. The summed E-state index contributed by atoms with van der Waals surface area (Å²) in [6.45, 7) is 0.497. The minimum absolute atomic E-state index is 0.0000618. The zero-order chi connectivity index (χ0) is 25.3. The summed E-state index contributed by atoms with van der Waals surface area (Å²) < 4.78 is 31.9. The Balaban J connectivity index is 2.04. The maximum absolute atomic E-state index is 10.8. The van der Waals surface area contributed by atoms with Crippen molar-refractivity contribution in [2.24, 2.45) is 0 Å². The van der Waals surface area contributed by atoms with Crippen LogP contribution in [0.15, 0.2) is 0 Å². The lowest BCUT2D eigenvalue weighted by Gasteiger charge is -2.46. The molecule has 2 aliphatic heterocycles. The summed E-state index contributed by atoms with van der Waals surface area (Å²) in [5, 5.41) is 62.8. The van der Waals surface area contributed by atoms with Gasteiger partial charge in [-0.3, -0.25) is 9.59 Å². The van der Waals surface area contributed by atoms with Crippen molar-refractivity contribution in [3.05, 3.63) is 0 Å². The third-order valence-electron chi connectivity index (χ3n) is 5.28. The van der Waals surface area contributed by atoms with Crippen molar-refractivity contribution in [3.63, 3.8) is 0 Å². The molecule has 2 saturated heterocycles. The summed E-state index contributed by atoms with van der Waals surface area (Å²) in [6, 6.07) is 0. The van der Waals surface area contributed by atoms with E-state index in [1.807, 2.05) is 0 Å². The van der Waals surface area contributed by atoms with Crippen molar-refractivity contribution in [2.75, 3.05) is 39.6 Å². The van der Waals surface area contributed by atoms with Gasteiger partial charge in [0.05, 0.1) is 33.0 Å². The van der Waals surface area contributed by atoms with Gasteiger partial charge in [-0.1, -0.05) is 0 Å². The Hall–Kier alpha value is -1.50. The van der Waals surface area contributed by atoms with E-state index < -0.39 is 74.6 Å². The van der Waals surface area contributed by atoms with E-state index in [2.05, 4.69) is 5.32 Å². The first-order chi connectivity index (χ1) is 16.2. The van der Waals surface area contributed by atoms with Crippen molar-refractivity contribution in [1.82, 2.24) is 5.32 Å². The molecule has 34 heavy (non-hydrogen) atoms. The van der Waals surface area contributed by atoms with Crippen LogP contribution in [0.3, 0.4) is 0 Å². The number of carbonyl (C=O) groups excluding carboxylic acids is 2. The van der Waals surface area contributed by atoms with Gasteiger partial charge in [0, 0.05) is 13.5 Å². The highest BCUT2D eigenvalue weighted by Gasteiger charge is 2.51. The minimum Gasteiger partial charge on any atom is -0.459 e. The zero-order valence-corrected chi connectivity index (χ0v) is 18.5. The minimum atomic E-state index is -1.74. The molecule has 2 fully saturated rings. The van der Waals surface area contributed by atoms with Gasteiger partial charge in [0.15, 0.2) is 18.7 Å². The average molecular weight is 499 g/mol. The molecule has 0 bridgehead atoms. The van der Waals surface area contributed by atoms with Gasteiger partial charge in [0.2, 0.25) is 5.91 Å². The van der Waals surface area contributed by atoms with Crippen LogP contribution in [0.2, 0.25) is 0 Å². The molecule has 0 aromatic heterocycles. The molecule has 0 aliphatic carbocycles. The number of aliphatic hydroxyl groups is 6. The normalized spacial score (nSPS) is 38.3. The van der Waals surface area contributed by atoms with Crippen molar-refractivity contribution < 1.29 is 68.6 Å².